The van der Waals surface area contributed by atoms with Crippen LogP contribution in [0.1, 0.15) is 0 Å². The molecule has 0 saturated heterocycles. The largest absolute Gasteiger partial charge is 0.456 e. The predicted molar refractivity (Wildman–Crippen MR) is 210 cm³/mol. The van der Waals surface area contributed by atoms with Crippen LogP contribution in [0.5, 0.6) is 0 Å². The lowest BCUT2D eigenvalue weighted by Crippen LogP contribution is -2.12. The van der Waals surface area contributed by atoms with Gasteiger partial charge < -0.3 is 9.32 Å². The summed E-state index contributed by atoms with van der Waals surface area (Å²) in [7, 11) is 0. The van der Waals surface area contributed by atoms with Crippen LogP contribution in [0.25, 0.3) is 75.1 Å². The minimum Gasteiger partial charge on any atom is -0.456 e. The number of anilines is 3. The molecule has 8 aromatic carbocycles. The van der Waals surface area contributed by atoms with E-state index >= 15 is 0 Å². The molecule has 0 aliphatic heterocycles. The lowest BCUT2D eigenvalue weighted by Gasteiger charge is -2.29. The van der Waals surface area contributed by atoms with Crippen LogP contribution < -0.4 is 4.90 Å². The maximum atomic E-state index is 6.49. The Morgan fingerprint density at radius 2 is 1.12 bits per heavy atom. The van der Waals surface area contributed by atoms with E-state index in [2.05, 4.69) is 169 Å². The molecule has 2 aromatic heterocycles. The molecule has 0 fully saturated rings. The van der Waals surface area contributed by atoms with Gasteiger partial charge in [-0.25, -0.2) is 0 Å². The van der Waals surface area contributed by atoms with E-state index in [1.54, 1.807) is 0 Å². The summed E-state index contributed by atoms with van der Waals surface area (Å²) in [4.78, 5) is 2.45. The third kappa shape index (κ3) is 4.55. The molecule has 0 aliphatic carbocycles. The molecule has 0 spiro atoms. The number of hydrogen-bond donors (Lipinski definition) is 0. The Balaban J connectivity index is 1.31. The maximum Gasteiger partial charge on any atom is 0.137 e. The topological polar surface area (TPSA) is 16.4 Å². The van der Waals surface area contributed by atoms with Gasteiger partial charge in [0.05, 0.1) is 11.4 Å². The molecule has 0 atom stereocenters. The first-order valence-corrected chi connectivity index (χ1v) is 17.4. The first-order chi connectivity index (χ1) is 24.3. The lowest BCUT2D eigenvalue weighted by molar-refractivity contribution is 0.669. The summed E-state index contributed by atoms with van der Waals surface area (Å²) in [5.74, 6) is 0. The second-order valence-electron chi connectivity index (χ2n) is 12.5. The highest BCUT2D eigenvalue weighted by molar-refractivity contribution is 7.26. The second kappa shape index (κ2) is 11.2. The molecule has 2 heterocycles. The first kappa shape index (κ1) is 27.9. The van der Waals surface area contributed by atoms with Gasteiger partial charge in [-0.3, -0.25) is 0 Å². The fourth-order valence-electron chi connectivity index (χ4n) is 7.43. The molecule has 2 nitrogen and oxygen atoms in total. The average Bonchev–Trinajstić information content (AvgIpc) is 3.74. The molecule has 0 saturated carbocycles. The Bertz CT molecular complexity index is 2840. The van der Waals surface area contributed by atoms with Gasteiger partial charge in [-0.05, 0) is 69.9 Å². The van der Waals surface area contributed by atoms with Gasteiger partial charge >= 0.3 is 0 Å². The summed E-state index contributed by atoms with van der Waals surface area (Å²) < 4.78 is 9.04. The second-order valence-corrected chi connectivity index (χ2v) is 13.6. The molecule has 49 heavy (non-hydrogen) atoms. The Morgan fingerprint density at radius 3 is 2.04 bits per heavy atom. The average molecular weight is 644 g/mol. The lowest BCUT2D eigenvalue weighted by atomic mass is 9.94. The minimum absolute atomic E-state index is 0.873. The third-order valence-corrected chi connectivity index (χ3v) is 10.8. The Morgan fingerprint density at radius 1 is 0.408 bits per heavy atom. The number of hydrogen-bond acceptors (Lipinski definition) is 3. The summed E-state index contributed by atoms with van der Waals surface area (Å²) in [5.41, 5.74) is 9.76. The summed E-state index contributed by atoms with van der Waals surface area (Å²) in [6, 6.07) is 63.3. The molecule has 0 radical (unpaired) electrons. The summed E-state index contributed by atoms with van der Waals surface area (Å²) in [6.45, 7) is 0. The van der Waals surface area contributed by atoms with E-state index in [0.29, 0.717) is 0 Å². The van der Waals surface area contributed by atoms with Crippen molar-refractivity contribution in [3.63, 3.8) is 0 Å². The minimum atomic E-state index is 0.873. The predicted octanol–water partition coefficient (Wildman–Crippen LogP) is 13.9. The number of fused-ring (bicyclic) bond motifs is 7. The smallest absolute Gasteiger partial charge is 0.137 e. The van der Waals surface area contributed by atoms with Crippen molar-refractivity contribution < 1.29 is 4.42 Å². The zero-order valence-electron chi connectivity index (χ0n) is 26.5. The molecule has 10 aromatic rings. The van der Waals surface area contributed by atoms with Gasteiger partial charge in [0.15, 0.2) is 0 Å². The highest BCUT2D eigenvalue weighted by Gasteiger charge is 2.23. The van der Waals surface area contributed by atoms with Gasteiger partial charge in [0.1, 0.15) is 11.2 Å². The van der Waals surface area contributed by atoms with Crippen molar-refractivity contribution in [3.8, 4) is 22.3 Å². The van der Waals surface area contributed by atoms with E-state index < -0.39 is 0 Å². The molecule has 3 heteroatoms. The Kier molecular flexibility index (Phi) is 6.39. The Hall–Kier alpha value is -6.16. The number of thiophene rings is 1. The van der Waals surface area contributed by atoms with Crippen LogP contribution in [0.15, 0.2) is 180 Å². The summed E-state index contributed by atoms with van der Waals surface area (Å²) >= 11 is 1.85. The molecule has 230 valence electrons. The van der Waals surface area contributed by atoms with Crippen LogP contribution in [-0.2, 0) is 0 Å². The van der Waals surface area contributed by atoms with E-state index in [1.165, 1.54) is 47.6 Å². The van der Waals surface area contributed by atoms with Crippen LogP contribution >= 0.6 is 11.3 Å². The number of furan rings is 1. The van der Waals surface area contributed by atoms with Crippen LogP contribution in [-0.4, -0.2) is 0 Å². The number of para-hydroxylation sites is 1. The van der Waals surface area contributed by atoms with Gasteiger partial charge in [0, 0.05) is 48.3 Å². The van der Waals surface area contributed by atoms with Crippen molar-refractivity contribution in [1.82, 2.24) is 0 Å². The van der Waals surface area contributed by atoms with Gasteiger partial charge in [-0.15, -0.1) is 11.3 Å². The van der Waals surface area contributed by atoms with E-state index in [-0.39, 0.29) is 0 Å². The van der Waals surface area contributed by atoms with Crippen molar-refractivity contribution in [2.45, 2.75) is 0 Å². The zero-order chi connectivity index (χ0) is 32.3. The molecule has 0 N–H and O–H groups in total. The molecule has 10 rings (SSSR count). The van der Waals surface area contributed by atoms with Gasteiger partial charge in [0.25, 0.3) is 0 Å². The van der Waals surface area contributed by atoms with E-state index in [1.807, 2.05) is 23.5 Å². The maximum absolute atomic E-state index is 6.49. The molecular weight excluding hydrogens is 615 g/mol. The summed E-state index contributed by atoms with van der Waals surface area (Å²) in [5, 5.41) is 7.23. The van der Waals surface area contributed by atoms with Crippen molar-refractivity contribution in [2.75, 3.05) is 4.90 Å². The number of rotatable bonds is 5. The molecular formula is C46H29NOS. The van der Waals surface area contributed by atoms with Gasteiger partial charge in [-0.2, -0.15) is 0 Å². The standard InChI is InChI=1S/C46H29NOS/c1-2-12-31(13-3-1)36-26-24-32(35-19-10-15-30-14-4-5-16-34(30)35)28-41(36)47(33-25-27-38-37-17-6-8-21-42(37)48-43(38)29-33)40-20-11-23-45-46(40)39-18-7-9-22-44(39)49-45/h1-29H. The third-order valence-electron chi connectivity index (χ3n) is 9.67. The van der Waals surface area contributed by atoms with E-state index in [4.69, 9.17) is 4.42 Å². The monoisotopic (exact) mass is 643 g/mol. The fraction of sp³-hybridized carbons (Fsp3) is 0. The van der Waals surface area contributed by atoms with Gasteiger partial charge in [-0.1, -0.05) is 127 Å². The van der Waals surface area contributed by atoms with Crippen LogP contribution in [0.4, 0.5) is 17.1 Å². The Labute approximate surface area is 287 Å². The van der Waals surface area contributed by atoms with E-state index in [9.17, 15) is 0 Å². The van der Waals surface area contributed by atoms with Crippen LogP contribution in [0.3, 0.4) is 0 Å². The van der Waals surface area contributed by atoms with Crippen molar-refractivity contribution in [3.05, 3.63) is 176 Å². The quantitative estimate of drug-likeness (QED) is 0.186. The normalized spacial score (nSPS) is 11.7. The van der Waals surface area contributed by atoms with Crippen LogP contribution in [0.2, 0.25) is 0 Å². The SMILES string of the molecule is c1ccc(-c2ccc(-c3cccc4ccccc34)cc2N(c2ccc3c(c2)oc2ccccc23)c2cccc3sc4ccccc4c23)cc1. The fourth-order valence-corrected chi connectivity index (χ4v) is 8.55. The number of nitrogens with zero attached hydrogens (tertiary/aromatic N) is 1. The molecule has 0 bridgehead atoms. The summed E-state index contributed by atoms with van der Waals surface area (Å²) in [6.07, 6.45) is 0. The van der Waals surface area contributed by atoms with Gasteiger partial charge in [0.2, 0.25) is 0 Å². The molecule has 0 aliphatic rings. The highest BCUT2D eigenvalue weighted by Crippen LogP contribution is 2.49. The van der Waals surface area contributed by atoms with Crippen LogP contribution in [0, 0.1) is 0 Å². The molecule has 0 unspecified atom stereocenters. The zero-order valence-corrected chi connectivity index (χ0v) is 27.3. The molecule has 0 amide bonds. The van der Waals surface area contributed by atoms with E-state index in [0.717, 1.165) is 44.6 Å². The van der Waals surface area contributed by atoms with Crippen molar-refractivity contribution in [1.29, 1.82) is 0 Å². The van der Waals surface area contributed by atoms with Crippen molar-refractivity contribution >= 4 is 81.3 Å². The highest BCUT2D eigenvalue weighted by atomic mass is 32.1. The first-order valence-electron chi connectivity index (χ1n) is 16.6. The number of benzene rings is 8. The van der Waals surface area contributed by atoms with Crippen molar-refractivity contribution in [2.24, 2.45) is 0 Å².